The molecular formula is C14H19N5O2. The van der Waals surface area contributed by atoms with E-state index >= 15 is 0 Å². The van der Waals surface area contributed by atoms with Gasteiger partial charge in [-0.3, -0.25) is 14.4 Å². The number of likely N-dealkylation sites (tertiary alicyclic amines) is 1. The molecule has 0 spiro atoms. The molecule has 1 atom stereocenters. The molecule has 0 saturated carbocycles. The van der Waals surface area contributed by atoms with Gasteiger partial charge in [-0.1, -0.05) is 5.16 Å². The number of amides is 1. The Bertz CT molecular complexity index is 592. The Morgan fingerprint density at radius 2 is 2.48 bits per heavy atom. The number of carbonyl (C=O) groups is 1. The highest BCUT2D eigenvalue weighted by molar-refractivity contribution is 5.91. The lowest BCUT2D eigenvalue weighted by Crippen LogP contribution is -2.39. The molecule has 7 nitrogen and oxygen atoms in total. The maximum atomic E-state index is 12.1. The van der Waals surface area contributed by atoms with Crippen molar-refractivity contribution in [3.8, 4) is 0 Å². The fourth-order valence-corrected chi connectivity index (χ4v) is 2.73. The van der Waals surface area contributed by atoms with Gasteiger partial charge >= 0.3 is 0 Å². The zero-order valence-corrected chi connectivity index (χ0v) is 12.0. The van der Waals surface area contributed by atoms with Crippen LogP contribution in [0, 0.1) is 6.92 Å². The molecule has 2 aromatic heterocycles. The number of nitrogens with zero attached hydrogens (tertiary/aromatic N) is 4. The van der Waals surface area contributed by atoms with Gasteiger partial charge in [0, 0.05) is 24.5 Å². The summed E-state index contributed by atoms with van der Waals surface area (Å²) >= 11 is 0. The van der Waals surface area contributed by atoms with Crippen LogP contribution in [-0.2, 0) is 11.3 Å². The molecule has 2 aromatic rings. The van der Waals surface area contributed by atoms with Crippen LogP contribution in [0.15, 0.2) is 29.0 Å². The van der Waals surface area contributed by atoms with Gasteiger partial charge in [-0.2, -0.15) is 5.10 Å². The quantitative estimate of drug-likeness (QED) is 0.897. The predicted octanol–water partition coefficient (Wildman–Crippen LogP) is 1.28. The number of rotatable bonds is 5. The molecule has 3 heterocycles. The fraction of sp³-hybridized carbons (Fsp3) is 0.500. The first-order valence-corrected chi connectivity index (χ1v) is 7.15. The minimum Gasteiger partial charge on any atom is -0.360 e. The zero-order valence-electron chi connectivity index (χ0n) is 12.0. The van der Waals surface area contributed by atoms with Gasteiger partial charge in [-0.15, -0.1) is 0 Å². The van der Waals surface area contributed by atoms with Crippen LogP contribution in [0.25, 0.3) is 0 Å². The van der Waals surface area contributed by atoms with Crippen molar-refractivity contribution in [3.05, 3.63) is 30.3 Å². The molecule has 0 aliphatic carbocycles. The van der Waals surface area contributed by atoms with Gasteiger partial charge in [0.15, 0.2) is 5.82 Å². The minimum absolute atomic E-state index is 0.0596. The maximum Gasteiger partial charge on any atom is 0.239 e. The van der Waals surface area contributed by atoms with E-state index in [1.165, 1.54) is 0 Å². The third kappa shape index (κ3) is 3.49. The largest absolute Gasteiger partial charge is 0.360 e. The van der Waals surface area contributed by atoms with E-state index in [0.29, 0.717) is 24.2 Å². The van der Waals surface area contributed by atoms with Crippen LogP contribution in [0.5, 0.6) is 0 Å². The Labute approximate surface area is 122 Å². The molecular weight excluding hydrogens is 270 g/mol. The van der Waals surface area contributed by atoms with E-state index in [4.69, 9.17) is 4.52 Å². The summed E-state index contributed by atoms with van der Waals surface area (Å²) in [6, 6.07) is 3.98. The van der Waals surface area contributed by atoms with Crippen LogP contribution in [-0.4, -0.2) is 44.9 Å². The van der Waals surface area contributed by atoms with E-state index in [9.17, 15) is 4.79 Å². The molecule has 1 fully saturated rings. The molecule has 21 heavy (non-hydrogen) atoms. The third-order valence-electron chi connectivity index (χ3n) is 3.70. The molecule has 1 unspecified atom stereocenters. The van der Waals surface area contributed by atoms with Crippen LogP contribution in [0.2, 0.25) is 0 Å². The molecule has 0 bridgehead atoms. The van der Waals surface area contributed by atoms with Crippen molar-refractivity contribution in [1.29, 1.82) is 0 Å². The third-order valence-corrected chi connectivity index (χ3v) is 3.70. The number of hydrogen-bond donors (Lipinski definition) is 1. The minimum atomic E-state index is -0.0596. The lowest BCUT2D eigenvalue weighted by Gasteiger charge is -2.23. The zero-order chi connectivity index (χ0) is 14.7. The van der Waals surface area contributed by atoms with Gasteiger partial charge in [0.25, 0.3) is 0 Å². The molecule has 1 N–H and O–H groups in total. The molecule has 112 valence electrons. The van der Waals surface area contributed by atoms with Gasteiger partial charge in [0.2, 0.25) is 5.91 Å². The Kier molecular flexibility index (Phi) is 4.01. The number of carbonyl (C=O) groups excluding carboxylic acids is 1. The number of hydrogen-bond acceptors (Lipinski definition) is 5. The molecule has 7 heteroatoms. The smallest absolute Gasteiger partial charge is 0.239 e. The van der Waals surface area contributed by atoms with E-state index in [-0.39, 0.29) is 5.91 Å². The average molecular weight is 289 g/mol. The Morgan fingerprint density at radius 1 is 1.57 bits per heavy atom. The summed E-state index contributed by atoms with van der Waals surface area (Å²) in [7, 11) is 0. The van der Waals surface area contributed by atoms with Crippen LogP contribution < -0.4 is 5.32 Å². The summed E-state index contributed by atoms with van der Waals surface area (Å²) in [4.78, 5) is 14.3. The fourth-order valence-electron chi connectivity index (χ4n) is 2.73. The summed E-state index contributed by atoms with van der Waals surface area (Å²) < 4.78 is 6.86. The summed E-state index contributed by atoms with van der Waals surface area (Å²) in [5.74, 6) is 1.10. The standard InChI is InChI=1S/C14H19N5O2/c1-11-8-13(17-21-11)16-14(20)10-18-6-2-4-12(18)9-19-7-3-5-15-19/h3,5,7-8,12H,2,4,6,9-10H2,1H3,(H,16,17,20). The number of aromatic nitrogens is 3. The van der Waals surface area contributed by atoms with Crippen LogP contribution in [0.3, 0.4) is 0 Å². The van der Waals surface area contributed by atoms with E-state index in [1.54, 1.807) is 19.2 Å². The first-order valence-electron chi connectivity index (χ1n) is 7.15. The summed E-state index contributed by atoms with van der Waals surface area (Å²) in [5, 5.41) is 10.8. The first-order chi connectivity index (χ1) is 10.2. The average Bonchev–Trinajstić information content (AvgIpc) is 3.15. The lowest BCUT2D eigenvalue weighted by atomic mass is 10.2. The van der Waals surface area contributed by atoms with E-state index in [1.807, 2.05) is 16.9 Å². The Hall–Kier alpha value is -2.15. The molecule has 1 aliphatic rings. The van der Waals surface area contributed by atoms with Crippen molar-refractivity contribution in [1.82, 2.24) is 19.8 Å². The number of aryl methyl sites for hydroxylation is 1. The predicted molar refractivity (Wildman–Crippen MR) is 76.7 cm³/mol. The summed E-state index contributed by atoms with van der Waals surface area (Å²) in [5.41, 5.74) is 0. The molecule has 1 amide bonds. The summed E-state index contributed by atoms with van der Waals surface area (Å²) in [6.45, 7) is 3.93. The van der Waals surface area contributed by atoms with Crippen LogP contribution in [0.4, 0.5) is 5.82 Å². The van der Waals surface area contributed by atoms with Crippen molar-refractivity contribution in [3.63, 3.8) is 0 Å². The highest BCUT2D eigenvalue weighted by atomic mass is 16.5. The van der Waals surface area contributed by atoms with E-state index < -0.39 is 0 Å². The normalized spacial score (nSPS) is 19.0. The number of anilines is 1. The highest BCUT2D eigenvalue weighted by Gasteiger charge is 2.26. The van der Waals surface area contributed by atoms with Crippen LogP contribution in [0.1, 0.15) is 18.6 Å². The summed E-state index contributed by atoms with van der Waals surface area (Å²) in [6.07, 6.45) is 5.94. The van der Waals surface area contributed by atoms with Gasteiger partial charge in [-0.25, -0.2) is 0 Å². The second-order valence-corrected chi connectivity index (χ2v) is 5.37. The molecule has 1 saturated heterocycles. The molecule has 1 aliphatic heterocycles. The second-order valence-electron chi connectivity index (χ2n) is 5.37. The van der Waals surface area contributed by atoms with Gasteiger partial charge < -0.3 is 9.84 Å². The van der Waals surface area contributed by atoms with Gasteiger partial charge in [0.05, 0.1) is 13.1 Å². The van der Waals surface area contributed by atoms with E-state index in [2.05, 4.69) is 20.5 Å². The second kappa shape index (κ2) is 6.09. The molecule has 0 aromatic carbocycles. The molecule has 3 rings (SSSR count). The maximum absolute atomic E-state index is 12.1. The first kappa shape index (κ1) is 13.8. The Morgan fingerprint density at radius 3 is 3.19 bits per heavy atom. The van der Waals surface area contributed by atoms with E-state index in [0.717, 1.165) is 25.9 Å². The lowest BCUT2D eigenvalue weighted by molar-refractivity contribution is -0.117. The van der Waals surface area contributed by atoms with Gasteiger partial charge in [-0.05, 0) is 32.4 Å². The van der Waals surface area contributed by atoms with Crippen molar-refractivity contribution in [2.24, 2.45) is 0 Å². The number of nitrogens with one attached hydrogen (secondary N) is 1. The Balaban J connectivity index is 1.54. The SMILES string of the molecule is Cc1cc(NC(=O)CN2CCCC2Cn2cccn2)no1. The van der Waals surface area contributed by atoms with Crippen molar-refractivity contribution in [2.75, 3.05) is 18.4 Å². The highest BCUT2D eigenvalue weighted by Crippen LogP contribution is 2.18. The van der Waals surface area contributed by atoms with Crippen molar-refractivity contribution in [2.45, 2.75) is 32.4 Å². The van der Waals surface area contributed by atoms with Crippen molar-refractivity contribution >= 4 is 11.7 Å². The van der Waals surface area contributed by atoms with Gasteiger partial charge in [0.1, 0.15) is 5.76 Å². The monoisotopic (exact) mass is 289 g/mol. The van der Waals surface area contributed by atoms with Crippen molar-refractivity contribution < 1.29 is 9.32 Å². The van der Waals surface area contributed by atoms with Crippen LogP contribution >= 0.6 is 0 Å². The molecule has 0 radical (unpaired) electrons. The topological polar surface area (TPSA) is 76.2 Å².